The van der Waals surface area contributed by atoms with E-state index >= 15 is 0 Å². The number of piperidine rings is 1. The fraction of sp³-hybridized carbons (Fsp3) is 0.360. The highest BCUT2D eigenvalue weighted by Gasteiger charge is 2.44. The van der Waals surface area contributed by atoms with Crippen molar-refractivity contribution in [2.45, 2.75) is 25.9 Å². The maximum Gasteiger partial charge on any atom is 0.227 e. The van der Waals surface area contributed by atoms with Crippen LogP contribution in [0.4, 0.5) is 0 Å². The van der Waals surface area contributed by atoms with Gasteiger partial charge in [-0.15, -0.1) is 0 Å². The fourth-order valence-electron chi connectivity index (χ4n) is 4.57. The molecule has 0 saturated carbocycles. The minimum atomic E-state index is -0.368. The molecule has 1 aliphatic carbocycles. The summed E-state index contributed by atoms with van der Waals surface area (Å²) in [5.74, 6) is 0.110. The molecule has 0 radical (unpaired) electrons. The smallest absolute Gasteiger partial charge is 0.227 e. The highest BCUT2D eigenvalue weighted by molar-refractivity contribution is 6.42. The van der Waals surface area contributed by atoms with Gasteiger partial charge in [0.2, 0.25) is 11.8 Å². The summed E-state index contributed by atoms with van der Waals surface area (Å²) in [6.45, 7) is 1.54. The van der Waals surface area contributed by atoms with Crippen molar-refractivity contribution >= 4 is 35.0 Å². The van der Waals surface area contributed by atoms with E-state index in [-0.39, 0.29) is 29.6 Å². The van der Waals surface area contributed by atoms with Crippen LogP contribution in [0.5, 0.6) is 5.75 Å². The third kappa shape index (κ3) is 4.94. The maximum atomic E-state index is 13.4. The molecule has 0 spiro atoms. The van der Waals surface area contributed by atoms with E-state index in [1.165, 1.54) is 0 Å². The number of hydrogen-bond acceptors (Lipinski definition) is 3. The van der Waals surface area contributed by atoms with Gasteiger partial charge >= 0.3 is 0 Å². The standard InChI is InChI=1S/C25H26Cl2N2O3/c1-32-19-8-5-16(6-9-19)14-28-24(30)20-4-2-3-18-11-12-29(25(31)23(18)20)15-17-7-10-21(26)22(27)13-17/h2-3,5-10,13,18,20,23H,4,11-12,14-15H2,1H3,(H,28,30)/t18-,20-,23+/m1/s1. The molecule has 7 heteroatoms. The number of fused-ring (bicyclic) bond motifs is 1. The van der Waals surface area contributed by atoms with E-state index in [1.54, 1.807) is 19.2 Å². The monoisotopic (exact) mass is 472 g/mol. The molecule has 1 heterocycles. The highest BCUT2D eigenvalue weighted by atomic mass is 35.5. The van der Waals surface area contributed by atoms with Crippen LogP contribution in [0.2, 0.25) is 10.0 Å². The molecular weight excluding hydrogens is 447 g/mol. The van der Waals surface area contributed by atoms with Crippen molar-refractivity contribution in [1.29, 1.82) is 0 Å². The molecular formula is C25H26Cl2N2O3. The summed E-state index contributed by atoms with van der Waals surface area (Å²) in [6.07, 6.45) is 5.56. The van der Waals surface area contributed by atoms with Gasteiger partial charge < -0.3 is 15.0 Å². The Labute approximate surface area is 198 Å². The first kappa shape index (κ1) is 22.7. The van der Waals surface area contributed by atoms with E-state index in [0.717, 1.165) is 23.3 Å². The van der Waals surface area contributed by atoms with Gasteiger partial charge in [-0.05, 0) is 54.2 Å². The Balaban J connectivity index is 1.43. The molecule has 2 amide bonds. The van der Waals surface area contributed by atoms with Crippen LogP contribution in [0.15, 0.2) is 54.6 Å². The van der Waals surface area contributed by atoms with Crippen LogP contribution in [0.3, 0.4) is 0 Å². The van der Waals surface area contributed by atoms with Crippen LogP contribution in [0, 0.1) is 17.8 Å². The zero-order chi connectivity index (χ0) is 22.7. The molecule has 32 heavy (non-hydrogen) atoms. The first-order valence-electron chi connectivity index (χ1n) is 10.8. The van der Waals surface area contributed by atoms with Gasteiger partial charge in [-0.2, -0.15) is 0 Å². The number of methoxy groups -OCH3 is 1. The van der Waals surface area contributed by atoms with E-state index in [9.17, 15) is 9.59 Å². The number of nitrogens with one attached hydrogen (secondary N) is 1. The van der Waals surface area contributed by atoms with E-state index in [2.05, 4.69) is 11.4 Å². The molecule has 2 aromatic rings. The summed E-state index contributed by atoms with van der Waals surface area (Å²) in [5.41, 5.74) is 1.91. The SMILES string of the molecule is COc1ccc(CNC(=O)[C@@H]2CC=C[C@@H]3CCN(Cc4ccc(Cl)c(Cl)c4)C(=O)[C@@H]32)cc1. The minimum Gasteiger partial charge on any atom is -0.497 e. The van der Waals surface area contributed by atoms with Crippen LogP contribution < -0.4 is 10.1 Å². The molecule has 168 valence electrons. The Hall–Kier alpha value is -2.50. The average Bonchev–Trinajstić information content (AvgIpc) is 2.81. The van der Waals surface area contributed by atoms with Crippen LogP contribution in [0.25, 0.3) is 0 Å². The highest BCUT2D eigenvalue weighted by Crippen LogP contribution is 2.38. The van der Waals surface area contributed by atoms with Crippen molar-refractivity contribution in [3.8, 4) is 5.75 Å². The van der Waals surface area contributed by atoms with Gasteiger partial charge in [0.15, 0.2) is 0 Å². The van der Waals surface area contributed by atoms with Crippen LogP contribution >= 0.6 is 23.2 Å². The number of rotatable bonds is 6. The number of amides is 2. The second-order valence-corrected chi connectivity index (χ2v) is 9.14. The Bertz CT molecular complexity index is 1020. The fourth-order valence-corrected chi connectivity index (χ4v) is 4.89. The lowest BCUT2D eigenvalue weighted by atomic mass is 9.71. The number of ether oxygens (including phenoxy) is 1. The van der Waals surface area contributed by atoms with Crippen molar-refractivity contribution < 1.29 is 14.3 Å². The lowest BCUT2D eigenvalue weighted by Gasteiger charge is -2.41. The Morgan fingerprint density at radius 1 is 1.12 bits per heavy atom. The number of carbonyl (C=O) groups excluding carboxylic acids is 2. The maximum absolute atomic E-state index is 13.4. The minimum absolute atomic E-state index is 0.0290. The second-order valence-electron chi connectivity index (χ2n) is 8.32. The van der Waals surface area contributed by atoms with Crippen LogP contribution in [0.1, 0.15) is 24.0 Å². The molecule has 5 nitrogen and oxygen atoms in total. The second kappa shape index (κ2) is 9.97. The molecule has 0 bridgehead atoms. The predicted molar refractivity (Wildman–Crippen MR) is 126 cm³/mol. The van der Waals surface area contributed by atoms with Crippen molar-refractivity contribution in [3.05, 3.63) is 75.8 Å². The van der Waals surface area contributed by atoms with Crippen molar-refractivity contribution in [1.82, 2.24) is 10.2 Å². The van der Waals surface area contributed by atoms with Crippen LogP contribution in [-0.4, -0.2) is 30.4 Å². The van der Waals surface area contributed by atoms with Gasteiger partial charge in [-0.1, -0.05) is 53.6 Å². The molecule has 2 aliphatic rings. The number of halogens is 2. The third-order valence-electron chi connectivity index (χ3n) is 6.32. The first-order valence-corrected chi connectivity index (χ1v) is 11.5. The summed E-state index contributed by atoms with van der Waals surface area (Å²) in [4.78, 5) is 28.3. The van der Waals surface area contributed by atoms with Gasteiger partial charge in [0, 0.05) is 19.6 Å². The molecule has 1 aliphatic heterocycles. The van der Waals surface area contributed by atoms with E-state index in [0.29, 0.717) is 36.1 Å². The summed E-state index contributed by atoms with van der Waals surface area (Å²) >= 11 is 12.2. The largest absolute Gasteiger partial charge is 0.497 e. The Morgan fingerprint density at radius 2 is 1.88 bits per heavy atom. The molecule has 0 unspecified atom stereocenters. The molecule has 0 aromatic heterocycles. The summed E-state index contributed by atoms with van der Waals surface area (Å²) in [7, 11) is 1.62. The quantitative estimate of drug-likeness (QED) is 0.610. The molecule has 4 rings (SSSR count). The molecule has 1 fully saturated rings. The third-order valence-corrected chi connectivity index (χ3v) is 7.06. The number of likely N-dealkylation sites (tertiary alicyclic amines) is 1. The zero-order valence-corrected chi connectivity index (χ0v) is 19.4. The van der Waals surface area contributed by atoms with Gasteiger partial charge in [-0.25, -0.2) is 0 Å². The number of hydrogen-bond donors (Lipinski definition) is 1. The number of carbonyl (C=O) groups is 2. The van der Waals surface area contributed by atoms with Gasteiger partial charge in [0.1, 0.15) is 5.75 Å². The lowest BCUT2D eigenvalue weighted by Crippen LogP contribution is -2.51. The summed E-state index contributed by atoms with van der Waals surface area (Å²) in [6, 6.07) is 13.0. The van der Waals surface area contributed by atoms with E-state index < -0.39 is 0 Å². The van der Waals surface area contributed by atoms with Crippen LogP contribution in [-0.2, 0) is 22.7 Å². The Kier molecular flexibility index (Phi) is 7.07. The van der Waals surface area contributed by atoms with E-state index in [1.807, 2.05) is 41.3 Å². The van der Waals surface area contributed by atoms with Gasteiger partial charge in [0.25, 0.3) is 0 Å². The Morgan fingerprint density at radius 3 is 2.59 bits per heavy atom. The van der Waals surface area contributed by atoms with Gasteiger partial charge in [-0.3, -0.25) is 9.59 Å². The molecule has 1 saturated heterocycles. The van der Waals surface area contributed by atoms with Crippen molar-refractivity contribution in [2.24, 2.45) is 17.8 Å². The van der Waals surface area contributed by atoms with Gasteiger partial charge in [0.05, 0.1) is 29.0 Å². The zero-order valence-electron chi connectivity index (χ0n) is 17.9. The number of allylic oxidation sites excluding steroid dienone is 2. The molecule has 1 N–H and O–H groups in total. The summed E-state index contributed by atoms with van der Waals surface area (Å²) < 4.78 is 5.17. The first-order chi connectivity index (χ1) is 15.5. The van der Waals surface area contributed by atoms with Crippen molar-refractivity contribution in [3.63, 3.8) is 0 Å². The number of nitrogens with zero attached hydrogens (tertiary/aromatic N) is 1. The predicted octanol–water partition coefficient (Wildman–Crippen LogP) is 4.86. The number of benzene rings is 2. The molecule has 3 atom stereocenters. The topological polar surface area (TPSA) is 58.6 Å². The average molecular weight is 473 g/mol. The molecule has 2 aromatic carbocycles. The van der Waals surface area contributed by atoms with Crippen molar-refractivity contribution in [2.75, 3.05) is 13.7 Å². The van der Waals surface area contributed by atoms with E-state index in [4.69, 9.17) is 27.9 Å². The lowest BCUT2D eigenvalue weighted by molar-refractivity contribution is -0.148. The normalized spacial score (nSPS) is 22.4. The summed E-state index contributed by atoms with van der Waals surface area (Å²) in [5, 5.41) is 3.99.